The van der Waals surface area contributed by atoms with Gasteiger partial charge in [-0.05, 0) is 26.2 Å². The van der Waals surface area contributed by atoms with Crippen LogP contribution in [-0.2, 0) is 25.7 Å². The predicted molar refractivity (Wildman–Crippen MR) is 156 cm³/mol. The minimum Gasteiger partial charge on any atom is -0.346 e. The molecule has 0 bridgehead atoms. The summed E-state index contributed by atoms with van der Waals surface area (Å²) in [6.45, 7) is 8.97. The normalized spacial score (nSPS) is 11.6. The van der Waals surface area contributed by atoms with Crippen molar-refractivity contribution in [3.05, 3.63) is 34.4 Å². The maximum atomic E-state index is 4.98. The molecular formula is C32H58N4. The van der Waals surface area contributed by atoms with Crippen molar-refractivity contribution in [2.24, 2.45) is 0 Å². The van der Waals surface area contributed by atoms with E-state index in [1.807, 2.05) is 0 Å². The van der Waals surface area contributed by atoms with Gasteiger partial charge in [0.05, 0.1) is 11.4 Å². The molecule has 2 rings (SSSR count). The van der Waals surface area contributed by atoms with Crippen molar-refractivity contribution in [1.29, 1.82) is 0 Å². The number of rotatable bonds is 23. The van der Waals surface area contributed by atoms with Crippen LogP contribution in [0.1, 0.15) is 171 Å². The first kappa shape index (κ1) is 30.6. The molecule has 0 aromatic carbocycles. The molecule has 2 heterocycles. The summed E-state index contributed by atoms with van der Waals surface area (Å²) in [7, 11) is 0. The van der Waals surface area contributed by atoms with Crippen molar-refractivity contribution in [3.63, 3.8) is 0 Å². The fourth-order valence-corrected chi connectivity index (χ4v) is 5.29. The molecule has 4 nitrogen and oxygen atoms in total. The largest absolute Gasteiger partial charge is 0.346 e. The van der Waals surface area contributed by atoms with Crippen LogP contribution in [-0.4, -0.2) is 19.9 Å². The summed E-state index contributed by atoms with van der Waals surface area (Å²) in [4.78, 5) is 17.1. The SMILES string of the molecule is CCCCCCCCCCCc1nc(Cc2[nH]c(CCCCCCCCCCC)nc2CC)c(C)[nH]1. The molecule has 0 fully saturated rings. The van der Waals surface area contributed by atoms with Crippen LogP contribution in [0.5, 0.6) is 0 Å². The van der Waals surface area contributed by atoms with E-state index in [9.17, 15) is 0 Å². The Labute approximate surface area is 223 Å². The number of imidazole rings is 2. The molecule has 0 amide bonds. The third-order valence-corrected chi connectivity index (χ3v) is 7.66. The second-order valence-electron chi connectivity index (χ2n) is 11.1. The van der Waals surface area contributed by atoms with E-state index in [0.29, 0.717) is 0 Å². The zero-order chi connectivity index (χ0) is 25.8. The second kappa shape index (κ2) is 19.5. The van der Waals surface area contributed by atoms with E-state index >= 15 is 0 Å². The Bertz CT molecular complexity index is 788. The quantitative estimate of drug-likeness (QED) is 0.150. The van der Waals surface area contributed by atoms with E-state index < -0.39 is 0 Å². The number of aryl methyl sites for hydroxylation is 4. The number of hydrogen-bond acceptors (Lipinski definition) is 2. The number of unbranched alkanes of at least 4 members (excludes halogenated alkanes) is 16. The third kappa shape index (κ3) is 12.6. The van der Waals surface area contributed by atoms with Crippen LogP contribution in [0.25, 0.3) is 0 Å². The molecule has 36 heavy (non-hydrogen) atoms. The van der Waals surface area contributed by atoms with Gasteiger partial charge < -0.3 is 9.97 Å². The number of nitrogens with one attached hydrogen (secondary N) is 2. The average Bonchev–Trinajstić information content (AvgIpc) is 3.44. The highest BCUT2D eigenvalue weighted by Gasteiger charge is 2.14. The monoisotopic (exact) mass is 498 g/mol. The highest BCUT2D eigenvalue weighted by Crippen LogP contribution is 2.18. The minimum absolute atomic E-state index is 0.869. The molecular weight excluding hydrogens is 440 g/mol. The van der Waals surface area contributed by atoms with Gasteiger partial charge in [-0.1, -0.05) is 124 Å². The number of H-pyrrole nitrogens is 2. The Morgan fingerprint density at radius 3 is 1.39 bits per heavy atom. The van der Waals surface area contributed by atoms with E-state index in [1.54, 1.807) is 0 Å². The van der Waals surface area contributed by atoms with Gasteiger partial charge >= 0.3 is 0 Å². The molecule has 4 heteroatoms. The lowest BCUT2D eigenvalue weighted by molar-refractivity contribution is 0.562. The number of aromatic nitrogens is 4. The maximum Gasteiger partial charge on any atom is 0.106 e. The van der Waals surface area contributed by atoms with Crippen LogP contribution < -0.4 is 0 Å². The van der Waals surface area contributed by atoms with Crippen molar-refractivity contribution in [3.8, 4) is 0 Å². The maximum absolute atomic E-state index is 4.98. The summed E-state index contributed by atoms with van der Waals surface area (Å²) in [5.74, 6) is 2.34. The summed E-state index contributed by atoms with van der Waals surface area (Å²) in [5, 5.41) is 0. The van der Waals surface area contributed by atoms with E-state index in [4.69, 9.17) is 9.97 Å². The third-order valence-electron chi connectivity index (χ3n) is 7.66. The van der Waals surface area contributed by atoms with Crippen LogP contribution in [0.15, 0.2) is 0 Å². The number of nitrogens with zero attached hydrogens (tertiary/aromatic N) is 2. The van der Waals surface area contributed by atoms with Crippen LogP contribution in [0.4, 0.5) is 0 Å². The van der Waals surface area contributed by atoms with E-state index in [2.05, 4.69) is 37.7 Å². The Morgan fingerprint density at radius 2 is 0.917 bits per heavy atom. The highest BCUT2D eigenvalue weighted by molar-refractivity contribution is 5.24. The average molecular weight is 499 g/mol. The van der Waals surface area contributed by atoms with Gasteiger partial charge in [0.2, 0.25) is 0 Å². The Hall–Kier alpha value is -1.58. The molecule has 0 atom stereocenters. The predicted octanol–water partition coefficient (Wildman–Crippen LogP) is 9.74. The lowest BCUT2D eigenvalue weighted by Crippen LogP contribution is -1.96. The van der Waals surface area contributed by atoms with Gasteiger partial charge in [-0.3, -0.25) is 0 Å². The van der Waals surface area contributed by atoms with Crippen molar-refractivity contribution in [2.75, 3.05) is 0 Å². The van der Waals surface area contributed by atoms with E-state index in [0.717, 1.165) is 31.5 Å². The molecule has 0 saturated carbocycles. The van der Waals surface area contributed by atoms with Crippen LogP contribution in [0, 0.1) is 6.92 Å². The molecule has 0 aliphatic rings. The lowest BCUT2D eigenvalue weighted by atomic mass is 10.1. The molecule has 0 saturated heterocycles. The smallest absolute Gasteiger partial charge is 0.106 e. The van der Waals surface area contributed by atoms with Gasteiger partial charge in [0.1, 0.15) is 11.6 Å². The van der Waals surface area contributed by atoms with Crippen LogP contribution >= 0.6 is 0 Å². The first-order chi connectivity index (χ1) is 17.7. The molecule has 0 spiro atoms. The summed E-state index contributed by atoms with van der Waals surface area (Å²) in [6.07, 6.45) is 28.7. The zero-order valence-corrected chi connectivity index (χ0v) is 24.5. The molecule has 2 aromatic heterocycles. The Kier molecular flexibility index (Phi) is 16.6. The van der Waals surface area contributed by atoms with E-state index in [1.165, 1.54) is 144 Å². The second-order valence-corrected chi connectivity index (χ2v) is 11.1. The van der Waals surface area contributed by atoms with Gasteiger partial charge in [-0.15, -0.1) is 0 Å². The van der Waals surface area contributed by atoms with Gasteiger partial charge in [-0.25, -0.2) is 9.97 Å². The molecule has 2 N–H and O–H groups in total. The number of aromatic amines is 2. The Balaban J connectivity index is 1.68. The lowest BCUT2D eigenvalue weighted by Gasteiger charge is -2.01. The topological polar surface area (TPSA) is 57.4 Å². The molecule has 2 aromatic rings. The molecule has 0 aliphatic carbocycles. The highest BCUT2D eigenvalue weighted by atomic mass is 15.0. The van der Waals surface area contributed by atoms with E-state index in [-0.39, 0.29) is 0 Å². The standard InChI is InChI=1S/C32H58N4/c1-5-8-10-12-14-16-18-20-22-24-31-33-27(4)29(35-31)26-30-28(7-3)34-32(36-30)25-23-21-19-17-15-13-11-9-6-2/h5-26H2,1-4H3,(H,33,35)(H,34,36). The molecule has 0 unspecified atom stereocenters. The summed E-state index contributed by atoms with van der Waals surface area (Å²) in [6, 6.07) is 0. The first-order valence-corrected chi connectivity index (χ1v) is 15.8. The minimum atomic E-state index is 0.869. The molecule has 206 valence electrons. The van der Waals surface area contributed by atoms with Gasteiger partial charge in [-0.2, -0.15) is 0 Å². The van der Waals surface area contributed by atoms with Crippen molar-refractivity contribution < 1.29 is 0 Å². The molecule has 0 radical (unpaired) electrons. The van der Waals surface area contributed by atoms with Crippen LogP contribution in [0.3, 0.4) is 0 Å². The van der Waals surface area contributed by atoms with Crippen molar-refractivity contribution >= 4 is 0 Å². The van der Waals surface area contributed by atoms with Crippen LogP contribution in [0.2, 0.25) is 0 Å². The van der Waals surface area contributed by atoms with Gasteiger partial charge in [0.25, 0.3) is 0 Å². The van der Waals surface area contributed by atoms with Crippen molar-refractivity contribution in [1.82, 2.24) is 19.9 Å². The van der Waals surface area contributed by atoms with Gasteiger partial charge in [0.15, 0.2) is 0 Å². The fourth-order valence-electron chi connectivity index (χ4n) is 5.29. The summed E-state index contributed by atoms with van der Waals surface area (Å²) < 4.78 is 0. The Morgan fingerprint density at radius 1 is 0.500 bits per heavy atom. The summed E-state index contributed by atoms with van der Waals surface area (Å²) >= 11 is 0. The fraction of sp³-hybridized carbons (Fsp3) is 0.812. The van der Waals surface area contributed by atoms with Gasteiger partial charge in [0, 0.05) is 30.7 Å². The summed E-state index contributed by atoms with van der Waals surface area (Å²) in [5.41, 5.74) is 4.91. The van der Waals surface area contributed by atoms with Crippen molar-refractivity contribution in [2.45, 2.75) is 169 Å². The molecule has 0 aliphatic heterocycles. The zero-order valence-electron chi connectivity index (χ0n) is 24.5. The first-order valence-electron chi connectivity index (χ1n) is 15.8. The number of hydrogen-bond donors (Lipinski definition) is 2.